The summed E-state index contributed by atoms with van der Waals surface area (Å²) in [4.78, 5) is 2.72. The molecule has 3 rings (SSSR count). The average molecular weight is 403 g/mol. The van der Waals surface area contributed by atoms with Crippen molar-refractivity contribution >= 4 is 10.0 Å². The zero-order chi connectivity index (χ0) is 20.1. The van der Waals surface area contributed by atoms with E-state index in [0.717, 1.165) is 36.2 Å². The molecule has 6 heteroatoms. The molecule has 1 aliphatic heterocycles. The molecule has 2 aromatic rings. The van der Waals surface area contributed by atoms with E-state index in [1.807, 2.05) is 24.3 Å². The Balaban J connectivity index is 1.92. The van der Waals surface area contributed by atoms with E-state index in [-0.39, 0.29) is 11.5 Å². The van der Waals surface area contributed by atoms with Crippen LogP contribution in [0.3, 0.4) is 0 Å². The third-order valence-electron chi connectivity index (χ3n) is 5.46. The van der Waals surface area contributed by atoms with Crippen molar-refractivity contribution in [2.45, 2.75) is 50.1 Å². The van der Waals surface area contributed by atoms with Gasteiger partial charge in [-0.05, 0) is 68.5 Å². The van der Waals surface area contributed by atoms with Crippen LogP contribution < -0.4 is 4.72 Å². The quantitative estimate of drug-likeness (QED) is 0.712. The lowest BCUT2D eigenvalue weighted by Crippen LogP contribution is -2.35. The normalized spacial score (nSPS) is 19.0. The number of benzene rings is 2. The van der Waals surface area contributed by atoms with Crippen LogP contribution in [0.4, 0.5) is 0 Å². The molecular weight excluding hydrogens is 372 g/mol. The van der Waals surface area contributed by atoms with Crippen molar-refractivity contribution in [3.63, 3.8) is 0 Å². The SMILES string of the molecule is CC(CO)NS(=O)(=O)c1ccc(-c2ccccc2)c(CCN2CCCC2C)c1. The Labute approximate surface area is 168 Å². The molecule has 0 radical (unpaired) electrons. The van der Waals surface area contributed by atoms with Crippen molar-refractivity contribution in [3.8, 4) is 11.1 Å². The molecule has 2 atom stereocenters. The summed E-state index contributed by atoms with van der Waals surface area (Å²) in [7, 11) is -3.66. The molecular formula is C22H30N2O3S. The summed E-state index contributed by atoms with van der Waals surface area (Å²) in [6.07, 6.45) is 3.25. The Kier molecular flexibility index (Phi) is 6.88. The fraction of sp³-hybridized carbons (Fsp3) is 0.455. The largest absolute Gasteiger partial charge is 0.395 e. The smallest absolute Gasteiger partial charge is 0.240 e. The average Bonchev–Trinajstić information content (AvgIpc) is 3.11. The van der Waals surface area contributed by atoms with Crippen molar-refractivity contribution in [1.29, 1.82) is 0 Å². The predicted octanol–water partition coefficient (Wildman–Crippen LogP) is 3.04. The highest BCUT2D eigenvalue weighted by Gasteiger charge is 2.22. The minimum Gasteiger partial charge on any atom is -0.395 e. The van der Waals surface area contributed by atoms with Crippen LogP contribution in [0.2, 0.25) is 0 Å². The Bertz CT molecular complexity index is 884. The van der Waals surface area contributed by atoms with Gasteiger partial charge in [0.15, 0.2) is 0 Å². The first kappa shape index (κ1) is 21.0. The topological polar surface area (TPSA) is 69.6 Å². The minimum atomic E-state index is -3.66. The van der Waals surface area contributed by atoms with Crippen LogP contribution in [0.5, 0.6) is 0 Å². The number of hydrogen-bond acceptors (Lipinski definition) is 4. The lowest BCUT2D eigenvalue weighted by Gasteiger charge is -2.22. The molecule has 0 saturated carbocycles. The van der Waals surface area contributed by atoms with Crippen LogP contribution >= 0.6 is 0 Å². The Morgan fingerprint density at radius 2 is 1.96 bits per heavy atom. The molecule has 1 saturated heterocycles. The second kappa shape index (κ2) is 9.18. The predicted molar refractivity (Wildman–Crippen MR) is 113 cm³/mol. The first-order chi connectivity index (χ1) is 13.4. The van der Waals surface area contributed by atoms with E-state index in [1.165, 1.54) is 12.8 Å². The maximum atomic E-state index is 12.7. The van der Waals surface area contributed by atoms with Gasteiger partial charge in [0.2, 0.25) is 10.0 Å². The molecule has 0 bridgehead atoms. The molecule has 1 heterocycles. The van der Waals surface area contributed by atoms with Crippen LogP contribution in [0.15, 0.2) is 53.4 Å². The first-order valence-electron chi connectivity index (χ1n) is 9.96. The van der Waals surface area contributed by atoms with Gasteiger partial charge in [0.05, 0.1) is 11.5 Å². The number of aliphatic hydroxyl groups excluding tert-OH is 1. The van der Waals surface area contributed by atoms with E-state index in [1.54, 1.807) is 19.1 Å². The van der Waals surface area contributed by atoms with Gasteiger partial charge in [0, 0.05) is 18.6 Å². The van der Waals surface area contributed by atoms with E-state index in [2.05, 4.69) is 28.7 Å². The van der Waals surface area contributed by atoms with Crippen molar-refractivity contribution in [1.82, 2.24) is 9.62 Å². The maximum Gasteiger partial charge on any atom is 0.240 e. The number of rotatable bonds is 8. The fourth-order valence-electron chi connectivity index (χ4n) is 3.80. The Morgan fingerprint density at radius 3 is 2.61 bits per heavy atom. The summed E-state index contributed by atoms with van der Waals surface area (Å²) in [5.74, 6) is 0. The van der Waals surface area contributed by atoms with Gasteiger partial charge < -0.3 is 10.0 Å². The third-order valence-corrected chi connectivity index (χ3v) is 7.05. The van der Waals surface area contributed by atoms with Crippen LogP contribution in [0, 0.1) is 0 Å². The van der Waals surface area contributed by atoms with Crippen LogP contribution in [-0.2, 0) is 16.4 Å². The van der Waals surface area contributed by atoms with Gasteiger partial charge in [-0.3, -0.25) is 0 Å². The van der Waals surface area contributed by atoms with Gasteiger partial charge in [-0.25, -0.2) is 13.1 Å². The molecule has 1 fully saturated rings. The highest BCUT2D eigenvalue weighted by atomic mass is 32.2. The van der Waals surface area contributed by atoms with Gasteiger partial charge in [-0.1, -0.05) is 36.4 Å². The number of aliphatic hydroxyl groups is 1. The van der Waals surface area contributed by atoms with Crippen LogP contribution in [0.1, 0.15) is 32.3 Å². The molecule has 2 aromatic carbocycles. The van der Waals surface area contributed by atoms with E-state index in [4.69, 9.17) is 0 Å². The van der Waals surface area contributed by atoms with E-state index in [0.29, 0.717) is 6.04 Å². The second-order valence-electron chi connectivity index (χ2n) is 7.67. The van der Waals surface area contributed by atoms with Crippen molar-refractivity contribution < 1.29 is 13.5 Å². The monoisotopic (exact) mass is 402 g/mol. The molecule has 2 unspecified atom stereocenters. The highest BCUT2D eigenvalue weighted by molar-refractivity contribution is 7.89. The summed E-state index contributed by atoms with van der Waals surface area (Å²) in [5.41, 5.74) is 3.19. The number of nitrogens with zero attached hydrogens (tertiary/aromatic N) is 1. The summed E-state index contributed by atoms with van der Waals surface area (Å²) >= 11 is 0. The zero-order valence-corrected chi connectivity index (χ0v) is 17.5. The number of hydrogen-bond donors (Lipinski definition) is 2. The molecule has 2 N–H and O–H groups in total. The lowest BCUT2D eigenvalue weighted by molar-refractivity contribution is 0.265. The van der Waals surface area contributed by atoms with Crippen LogP contribution in [0.25, 0.3) is 11.1 Å². The molecule has 1 aliphatic rings. The van der Waals surface area contributed by atoms with Crippen LogP contribution in [-0.4, -0.2) is 50.2 Å². The third kappa shape index (κ3) is 5.00. The number of sulfonamides is 1. The Morgan fingerprint density at radius 1 is 1.21 bits per heavy atom. The summed E-state index contributed by atoms with van der Waals surface area (Å²) in [5, 5.41) is 9.19. The minimum absolute atomic E-state index is 0.235. The van der Waals surface area contributed by atoms with E-state index < -0.39 is 16.1 Å². The van der Waals surface area contributed by atoms with Gasteiger partial charge in [-0.2, -0.15) is 0 Å². The lowest BCUT2D eigenvalue weighted by atomic mass is 9.97. The maximum absolute atomic E-state index is 12.7. The summed E-state index contributed by atoms with van der Waals surface area (Å²) in [6, 6.07) is 15.5. The molecule has 5 nitrogen and oxygen atoms in total. The first-order valence-corrected chi connectivity index (χ1v) is 11.4. The van der Waals surface area contributed by atoms with Gasteiger partial charge in [-0.15, -0.1) is 0 Å². The molecule has 0 aromatic heterocycles. The summed E-state index contributed by atoms with van der Waals surface area (Å²) in [6.45, 7) is 5.69. The number of nitrogens with one attached hydrogen (secondary N) is 1. The van der Waals surface area contributed by atoms with E-state index >= 15 is 0 Å². The van der Waals surface area contributed by atoms with E-state index in [9.17, 15) is 13.5 Å². The van der Waals surface area contributed by atoms with Gasteiger partial charge >= 0.3 is 0 Å². The fourth-order valence-corrected chi connectivity index (χ4v) is 5.09. The number of likely N-dealkylation sites (tertiary alicyclic amines) is 1. The Hall–Kier alpha value is -1.73. The summed E-state index contributed by atoms with van der Waals surface area (Å²) < 4.78 is 27.9. The van der Waals surface area contributed by atoms with Crippen molar-refractivity contribution in [2.75, 3.05) is 19.7 Å². The van der Waals surface area contributed by atoms with Gasteiger partial charge in [0.1, 0.15) is 0 Å². The molecule has 0 amide bonds. The standard InChI is InChI=1S/C22H30N2O3S/c1-17(16-25)23-28(26,27)21-10-11-22(19-8-4-3-5-9-19)20(15-21)12-14-24-13-6-7-18(24)2/h3-5,8-11,15,17-18,23,25H,6-7,12-14,16H2,1-2H3. The molecule has 28 heavy (non-hydrogen) atoms. The molecule has 0 spiro atoms. The van der Waals surface area contributed by atoms with Crippen molar-refractivity contribution in [2.24, 2.45) is 0 Å². The van der Waals surface area contributed by atoms with Crippen molar-refractivity contribution in [3.05, 3.63) is 54.1 Å². The molecule has 152 valence electrons. The molecule has 0 aliphatic carbocycles. The zero-order valence-electron chi connectivity index (χ0n) is 16.6. The second-order valence-corrected chi connectivity index (χ2v) is 9.38. The highest BCUT2D eigenvalue weighted by Crippen LogP contribution is 2.28. The van der Waals surface area contributed by atoms with Gasteiger partial charge in [0.25, 0.3) is 0 Å².